The van der Waals surface area contributed by atoms with Crippen molar-refractivity contribution >= 4 is 23.2 Å². The summed E-state index contributed by atoms with van der Waals surface area (Å²) in [6.45, 7) is 10.7. The number of hydrogen-bond acceptors (Lipinski definition) is 6. The number of pyridine rings is 1. The van der Waals surface area contributed by atoms with E-state index in [1.807, 2.05) is 33.7 Å². The van der Waals surface area contributed by atoms with Crippen LogP contribution in [-0.2, 0) is 4.74 Å². The van der Waals surface area contributed by atoms with E-state index in [-0.39, 0.29) is 12.1 Å². The summed E-state index contributed by atoms with van der Waals surface area (Å²) in [7, 11) is 0. The Kier molecular flexibility index (Phi) is 5.72. The second kappa shape index (κ2) is 8.82. The molecule has 0 aliphatic carbocycles. The van der Waals surface area contributed by atoms with Crippen LogP contribution in [0.15, 0.2) is 42.7 Å². The van der Waals surface area contributed by atoms with E-state index in [4.69, 9.17) is 9.72 Å². The number of aromatic nitrogens is 4. The van der Waals surface area contributed by atoms with E-state index in [0.717, 1.165) is 37.6 Å². The van der Waals surface area contributed by atoms with E-state index < -0.39 is 0 Å². The fourth-order valence-electron chi connectivity index (χ4n) is 4.46. The molecule has 2 aromatic heterocycles. The van der Waals surface area contributed by atoms with Crippen molar-refractivity contribution in [3.8, 4) is 11.5 Å². The van der Waals surface area contributed by atoms with Crippen LogP contribution in [0.5, 0.6) is 0 Å². The molecule has 0 spiro atoms. The van der Waals surface area contributed by atoms with Gasteiger partial charge in [-0.05, 0) is 56.7 Å². The average Bonchev–Trinajstić information content (AvgIpc) is 3.47. The van der Waals surface area contributed by atoms with Crippen molar-refractivity contribution in [1.82, 2.24) is 19.7 Å². The standard InChI is InChI=1S/C24H29N7O2/c1-17(2)31-16-25-27-23(31)20-5-4-6-22(26-20)30-10-9-29(24(30)32)19-7-8-21(18(3)15-19)28-11-13-33-14-12-28/h4-8,15-17H,9-14H2,1-3H3. The summed E-state index contributed by atoms with van der Waals surface area (Å²) in [4.78, 5) is 24.0. The molecule has 5 rings (SSSR count). The number of carbonyl (C=O) groups excluding carboxylic acids is 1. The largest absolute Gasteiger partial charge is 0.378 e. The highest BCUT2D eigenvalue weighted by molar-refractivity contribution is 6.05. The lowest BCUT2D eigenvalue weighted by Crippen LogP contribution is -2.36. The molecule has 2 amide bonds. The number of aryl methyl sites for hydroxylation is 1. The normalized spacial score (nSPS) is 16.8. The number of amides is 2. The molecule has 4 heterocycles. The summed E-state index contributed by atoms with van der Waals surface area (Å²) in [5.41, 5.74) is 3.98. The number of nitrogens with zero attached hydrogens (tertiary/aromatic N) is 7. The molecule has 2 aliphatic rings. The lowest BCUT2D eigenvalue weighted by atomic mass is 10.1. The minimum absolute atomic E-state index is 0.0662. The van der Waals surface area contributed by atoms with Gasteiger partial charge in [0.05, 0.1) is 13.2 Å². The molecule has 1 aromatic carbocycles. The Morgan fingerprint density at radius 3 is 2.55 bits per heavy atom. The maximum atomic E-state index is 13.3. The molecule has 0 atom stereocenters. The molecule has 9 nitrogen and oxygen atoms in total. The first-order valence-electron chi connectivity index (χ1n) is 11.4. The highest BCUT2D eigenvalue weighted by Gasteiger charge is 2.32. The number of urea groups is 1. The van der Waals surface area contributed by atoms with E-state index >= 15 is 0 Å². The summed E-state index contributed by atoms with van der Waals surface area (Å²) in [5, 5.41) is 8.27. The highest BCUT2D eigenvalue weighted by Crippen LogP contribution is 2.30. The van der Waals surface area contributed by atoms with Gasteiger partial charge in [-0.25, -0.2) is 9.78 Å². The van der Waals surface area contributed by atoms with E-state index in [0.29, 0.717) is 30.4 Å². The Hall–Kier alpha value is -3.46. The number of ether oxygens (including phenoxy) is 1. The first-order valence-corrected chi connectivity index (χ1v) is 11.4. The van der Waals surface area contributed by atoms with E-state index in [9.17, 15) is 4.79 Å². The van der Waals surface area contributed by atoms with Crippen LogP contribution >= 0.6 is 0 Å². The predicted molar refractivity (Wildman–Crippen MR) is 128 cm³/mol. The van der Waals surface area contributed by atoms with Crippen LogP contribution in [0.2, 0.25) is 0 Å². The van der Waals surface area contributed by atoms with Crippen molar-refractivity contribution in [2.45, 2.75) is 26.8 Å². The molecule has 0 bridgehead atoms. The van der Waals surface area contributed by atoms with Crippen LogP contribution in [0, 0.1) is 6.92 Å². The molecular weight excluding hydrogens is 418 g/mol. The van der Waals surface area contributed by atoms with Crippen molar-refractivity contribution in [3.63, 3.8) is 0 Å². The minimum atomic E-state index is -0.0662. The van der Waals surface area contributed by atoms with Gasteiger partial charge in [-0.2, -0.15) is 0 Å². The van der Waals surface area contributed by atoms with E-state index in [1.165, 1.54) is 5.69 Å². The maximum absolute atomic E-state index is 13.3. The third-order valence-corrected chi connectivity index (χ3v) is 6.22. The lowest BCUT2D eigenvalue weighted by molar-refractivity contribution is 0.122. The van der Waals surface area contributed by atoms with Gasteiger partial charge in [-0.3, -0.25) is 9.80 Å². The van der Waals surface area contributed by atoms with Gasteiger partial charge >= 0.3 is 6.03 Å². The molecule has 33 heavy (non-hydrogen) atoms. The van der Waals surface area contributed by atoms with Crippen LogP contribution in [0.1, 0.15) is 25.5 Å². The number of anilines is 3. The Morgan fingerprint density at radius 1 is 1.00 bits per heavy atom. The third-order valence-electron chi connectivity index (χ3n) is 6.22. The van der Waals surface area contributed by atoms with E-state index in [1.54, 1.807) is 11.2 Å². The zero-order valence-corrected chi connectivity index (χ0v) is 19.3. The molecule has 3 aromatic rings. The summed E-state index contributed by atoms with van der Waals surface area (Å²) >= 11 is 0. The van der Waals surface area contributed by atoms with Gasteiger partial charge in [-0.15, -0.1) is 10.2 Å². The van der Waals surface area contributed by atoms with Crippen LogP contribution < -0.4 is 14.7 Å². The molecule has 0 unspecified atom stereocenters. The second-order valence-corrected chi connectivity index (χ2v) is 8.69. The average molecular weight is 448 g/mol. The minimum Gasteiger partial charge on any atom is -0.378 e. The van der Waals surface area contributed by atoms with Crippen molar-refractivity contribution < 1.29 is 9.53 Å². The van der Waals surface area contributed by atoms with Crippen LogP contribution in [0.25, 0.3) is 11.5 Å². The zero-order valence-electron chi connectivity index (χ0n) is 19.3. The predicted octanol–water partition coefficient (Wildman–Crippen LogP) is 3.51. The highest BCUT2D eigenvalue weighted by atomic mass is 16.5. The molecule has 2 fully saturated rings. The van der Waals surface area contributed by atoms with Gasteiger partial charge in [0.15, 0.2) is 5.82 Å². The molecule has 0 N–H and O–H groups in total. The Morgan fingerprint density at radius 2 is 1.79 bits per heavy atom. The van der Waals surface area contributed by atoms with Crippen molar-refractivity contribution in [3.05, 3.63) is 48.3 Å². The first kappa shape index (κ1) is 21.4. The lowest BCUT2D eigenvalue weighted by Gasteiger charge is -2.30. The summed E-state index contributed by atoms with van der Waals surface area (Å²) in [6, 6.07) is 12.1. The van der Waals surface area contributed by atoms with Crippen molar-refractivity contribution in [2.75, 3.05) is 54.1 Å². The number of hydrogen-bond donors (Lipinski definition) is 0. The molecule has 9 heteroatoms. The first-order chi connectivity index (χ1) is 16.0. The molecule has 2 aliphatic heterocycles. The van der Waals surface area contributed by atoms with Crippen molar-refractivity contribution in [2.24, 2.45) is 0 Å². The summed E-state index contributed by atoms with van der Waals surface area (Å²) in [5.74, 6) is 1.32. The Balaban J connectivity index is 1.37. The quantitative estimate of drug-likeness (QED) is 0.596. The number of carbonyl (C=O) groups is 1. The van der Waals surface area contributed by atoms with Crippen molar-refractivity contribution in [1.29, 1.82) is 0 Å². The van der Waals surface area contributed by atoms with E-state index in [2.05, 4.69) is 48.0 Å². The summed E-state index contributed by atoms with van der Waals surface area (Å²) in [6.07, 6.45) is 1.71. The molecule has 2 saturated heterocycles. The monoisotopic (exact) mass is 447 g/mol. The van der Waals surface area contributed by atoms with Gasteiger partial charge in [-0.1, -0.05) is 6.07 Å². The maximum Gasteiger partial charge on any atom is 0.330 e. The molecule has 0 radical (unpaired) electrons. The van der Waals surface area contributed by atoms with Crippen LogP contribution in [0.4, 0.5) is 22.0 Å². The fourth-order valence-corrected chi connectivity index (χ4v) is 4.46. The molecule has 0 saturated carbocycles. The van der Waals surface area contributed by atoms with Gasteiger partial charge in [0.2, 0.25) is 0 Å². The third kappa shape index (κ3) is 4.04. The number of morpholine rings is 1. The van der Waals surface area contributed by atoms with Crippen LogP contribution in [0.3, 0.4) is 0 Å². The number of benzene rings is 1. The SMILES string of the molecule is Cc1cc(N2CCN(c3cccc(-c4nncn4C(C)C)n3)C2=O)ccc1N1CCOCC1. The van der Waals surface area contributed by atoms with Gasteiger partial charge in [0.25, 0.3) is 0 Å². The Labute approximate surface area is 193 Å². The Bertz CT molecular complexity index is 1150. The van der Waals surface area contributed by atoms with Gasteiger partial charge in [0.1, 0.15) is 17.8 Å². The summed E-state index contributed by atoms with van der Waals surface area (Å²) < 4.78 is 7.44. The zero-order chi connectivity index (χ0) is 22.9. The smallest absolute Gasteiger partial charge is 0.330 e. The number of rotatable bonds is 5. The molecular formula is C24H29N7O2. The molecule has 172 valence electrons. The topological polar surface area (TPSA) is 79.6 Å². The van der Waals surface area contributed by atoms with Crippen LogP contribution in [-0.4, -0.2) is 65.2 Å². The van der Waals surface area contributed by atoms with Gasteiger partial charge in [0, 0.05) is 43.6 Å². The second-order valence-electron chi connectivity index (χ2n) is 8.69. The fraction of sp³-hybridized carbons (Fsp3) is 0.417. The van der Waals surface area contributed by atoms with Gasteiger partial charge < -0.3 is 14.2 Å².